The average molecular weight is 310 g/mol. The molecule has 0 spiro atoms. The summed E-state index contributed by atoms with van der Waals surface area (Å²) >= 11 is 3.16. The van der Waals surface area contributed by atoms with Crippen molar-refractivity contribution in [1.82, 2.24) is 5.32 Å². The number of nitrogens with one attached hydrogen (secondary N) is 1. The summed E-state index contributed by atoms with van der Waals surface area (Å²) in [6.45, 7) is 0.483. The number of rotatable bonds is 5. The van der Waals surface area contributed by atoms with Gasteiger partial charge < -0.3 is 5.32 Å². The Bertz CT molecular complexity index is 440. The molecule has 1 aliphatic rings. The Morgan fingerprint density at radius 2 is 1.89 bits per heavy atom. The zero-order chi connectivity index (χ0) is 13.0. The van der Waals surface area contributed by atoms with Gasteiger partial charge in [-0.05, 0) is 18.4 Å². The van der Waals surface area contributed by atoms with Gasteiger partial charge in [-0.2, -0.15) is 0 Å². The summed E-state index contributed by atoms with van der Waals surface area (Å²) in [5.41, 5.74) is 0.282. The number of hydrogen-bond donors (Lipinski definition) is 1. The maximum absolute atomic E-state index is 12.2. The smallest absolute Gasteiger partial charge is 0.233 e. The minimum Gasteiger partial charge on any atom is -0.351 e. The van der Waals surface area contributed by atoms with Gasteiger partial charge in [0.15, 0.2) is 5.78 Å². The molecule has 1 N–H and O–H groups in total. The van der Waals surface area contributed by atoms with E-state index in [1.54, 1.807) is 0 Å². The quantitative estimate of drug-likeness (QED) is 0.671. The van der Waals surface area contributed by atoms with Crippen molar-refractivity contribution in [3.63, 3.8) is 0 Å². The largest absolute Gasteiger partial charge is 0.351 e. The van der Waals surface area contributed by atoms with Crippen LogP contribution in [0.3, 0.4) is 0 Å². The average Bonchev–Trinajstić information content (AvgIpc) is 2.36. The van der Waals surface area contributed by atoms with Crippen LogP contribution in [-0.2, 0) is 16.1 Å². The molecule has 0 radical (unpaired) electrons. The second-order valence-electron chi connectivity index (χ2n) is 4.66. The van der Waals surface area contributed by atoms with Crippen molar-refractivity contribution in [3.8, 4) is 0 Å². The lowest BCUT2D eigenvalue weighted by atomic mass is 9.65. The lowest BCUT2D eigenvalue weighted by Gasteiger charge is -2.38. The van der Waals surface area contributed by atoms with Gasteiger partial charge in [0.2, 0.25) is 5.91 Å². The third kappa shape index (κ3) is 2.48. The number of benzene rings is 1. The summed E-state index contributed by atoms with van der Waals surface area (Å²) in [6, 6.07) is 9.72. The van der Waals surface area contributed by atoms with E-state index in [0.717, 1.165) is 12.0 Å². The fraction of sp³-hybridized carbons (Fsp3) is 0.429. The third-order valence-electron chi connectivity index (χ3n) is 3.59. The zero-order valence-corrected chi connectivity index (χ0v) is 11.7. The molecule has 2 rings (SSSR count). The maximum Gasteiger partial charge on any atom is 0.233 e. The van der Waals surface area contributed by atoms with Crippen molar-refractivity contribution in [2.45, 2.75) is 25.8 Å². The van der Waals surface area contributed by atoms with Crippen LogP contribution in [0.15, 0.2) is 30.3 Å². The van der Waals surface area contributed by atoms with E-state index in [1.807, 2.05) is 30.3 Å². The lowest BCUT2D eigenvalue weighted by molar-refractivity contribution is -0.146. The zero-order valence-electron chi connectivity index (χ0n) is 10.1. The molecule has 1 saturated carbocycles. The third-order valence-corrected chi connectivity index (χ3v) is 4.10. The fourth-order valence-corrected chi connectivity index (χ4v) is 2.77. The summed E-state index contributed by atoms with van der Waals surface area (Å²) in [6.07, 6.45) is 2.31. The Morgan fingerprint density at radius 1 is 1.22 bits per heavy atom. The molecule has 18 heavy (non-hydrogen) atoms. The van der Waals surface area contributed by atoms with Crippen LogP contribution in [0.4, 0.5) is 0 Å². The van der Waals surface area contributed by atoms with Gasteiger partial charge in [-0.15, -0.1) is 0 Å². The number of amides is 1. The Morgan fingerprint density at radius 3 is 2.39 bits per heavy atom. The Hall–Kier alpha value is -1.16. The number of halogens is 1. The van der Waals surface area contributed by atoms with Gasteiger partial charge in [-0.25, -0.2) is 0 Å². The standard InChI is InChI=1S/C14H16BrNO2/c15-9-12(17)14(7-4-8-14)13(18)16-10-11-5-2-1-3-6-11/h1-3,5-6H,4,7-10H2,(H,16,18). The second-order valence-corrected chi connectivity index (χ2v) is 5.22. The van der Waals surface area contributed by atoms with E-state index in [9.17, 15) is 9.59 Å². The summed E-state index contributed by atoms with van der Waals surface area (Å²) in [7, 11) is 0. The van der Waals surface area contributed by atoms with E-state index in [0.29, 0.717) is 19.4 Å². The topological polar surface area (TPSA) is 46.2 Å². The Balaban J connectivity index is 1.97. The van der Waals surface area contributed by atoms with Gasteiger partial charge in [0, 0.05) is 6.54 Å². The number of carbonyl (C=O) groups excluding carboxylic acids is 2. The SMILES string of the molecule is O=C(CBr)C1(C(=O)NCc2ccccc2)CCC1. The Labute approximate surface area is 115 Å². The van der Waals surface area contributed by atoms with Gasteiger partial charge in [0.05, 0.1) is 5.33 Å². The molecule has 1 aromatic carbocycles. The molecule has 0 saturated heterocycles. The highest BCUT2D eigenvalue weighted by atomic mass is 79.9. The van der Waals surface area contributed by atoms with Crippen LogP contribution < -0.4 is 5.32 Å². The van der Waals surface area contributed by atoms with E-state index in [-0.39, 0.29) is 17.0 Å². The molecule has 1 fully saturated rings. The van der Waals surface area contributed by atoms with E-state index >= 15 is 0 Å². The predicted molar refractivity (Wildman–Crippen MR) is 73.4 cm³/mol. The van der Waals surface area contributed by atoms with Crippen molar-refractivity contribution in [3.05, 3.63) is 35.9 Å². The highest BCUT2D eigenvalue weighted by molar-refractivity contribution is 9.09. The van der Waals surface area contributed by atoms with Crippen LogP contribution in [0, 0.1) is 5.41 Å². The van der Waals surface area contributed by atoms with E-state index in [2.05, 4.69) is 21.2 Å². The van der Waals surface area contributed by atoms with Gasteiger partial charge in [0.25, 0.3) is 0 Å². The van der Waals surface area contributed by atoms with Crippen LogP contribution in [0.25, 0.3) is 0 Å². The van der Waals surface area contributed by atoms with Gasteiger partial charge in [0.1, 0.15) is 5.41 Å². The molecule has 1 aliphatic carbocycles. The first-order chi connectivity index (χ1) is 8.69. The summed E-state index contributed by atoms with van der Waals surface area (Å²) < 4.78 is 0. The van der Waals surface area contributed by atoms with Crippen molar-refractivity contribution < 1.29 is 9.59 Å². The van der Waals surface area contributed by atoms with Crippen LogP contribution in [0.1, 0.15) is 24.8 Å². The fourth-order valence-electron chi connectivity index (χ4n) is 2.24. The number of alkyl halides is 1. The lowest BCUT2D eigenvalue weighted by Crippen LogP contribution is -2.51. The maximum atomic E-state index is 12.2. The highest BCUT2D eigenvalue weighted by Gasteiger charge is 2.49. The van der Waals surface area contributed by atoms with Gasteiger partial charge >= 0.3 is 0 Å². The van der Waals surface area contributed by atoms with Crippen molar-refractivity contribution in [1.29, 1.82) is 0 Å². The van der Waals surface area contributed by atoms with E-state index < -0.39 is 5.41 Å². The highest BCUT2D eigenvalue weighted by Crippen LogP contribution is 2.42. The summed E-state index contributed by atoms with van der Waals surface area (Å²) in [5, 5.41) is 3.13. The van der Waals surface area contributed by atoms with Crippen LogP contribution in [-0.4, -0.2) is 17.0 Å². The number of ketones is 1. The van der Waals surface area contributed by atoms with Crippen molar-refractivity contribution in [2.24, 2.45) is 5.41 Å². The molecule has 1 amide bonds. The molecular weight excluding hydrogens is 294 g/mol. The molecule has 0 atom stereocenters. The molecule has 4 heteroatoms. The normalized spacial score (nSPS) is 16.7. The monoisotopic (exact) mass is 309 g/mol. The molecular formula is C14H16BrNO2. The molecule has 0 aromatic heterocycles. The van der Waals surface area contributed by atoms with E-state index in [4.69, 9.17) is 0 Å². The molecule has 96 valence electrons. The summed E-state index contributed by atoms with van der Waals surface area (Å²) in [5.74, 6) is -0.124. The van der Waals surface area contributed by atoms with Crippen LogP contribution in [0.2, 0.25) is 0 Å². The molecule has 0 heterocycles. The van der Waals surface area contributed by atoms with Crippen molar-refractivity contribution >= 4 is 27.6 Å². The van der Waals surface area contributed by atoms with Gasteiger partial charge in [-0.1, -0.05) is 52.7 Å². The number of hydrogen-bond acceptors (Lipinski definition) is 2. The number of Topliss-reactive ketones (excluding diaryl/α,β-unsaturated/α-hetero) is 1. The predicted octanol–water partition coefficient (Wildman–Crippen LogP) is 2.44. The Kier molecular flexibility index (Phi) is 4.17. The molecule has 3 nitrogen and oxygen atoms in total. The first-order valence-corrected chi connectivity index (χ1v) is 7.23. The minimum absolute atomic E-state index is 0.000637. The van der Waals surface area contributed by atoms with Crippen molar-refractivity contribution in [2.75, 3.05) is 5.33 Å². The van der Waals surface area contributed by atoms with Gasteiger partial charge in [-0.3, -0.25) is 9.59 Å². The first kappa shape index (κ1) is 13.3. The molecule has 1 aromatic rings. The number of carbonyl (C=O) groups is 2. The summed E-state index contributed by atoms with van der Waals surface area (Å²) in [4.78, 5) is 24.0. The minimum atomic E-state index is -0.766. The van der Waals surface area contributed by atoms with E-state index in [1.165, 1.54) is 0 Å². The molecule has 0 unspecified atom stereocenters. The van der Waals surface area contributed by atoms with Crippen LogP contribution in [0.5, 0.6) is 0 Å². The first-order valence-electron chi connectivity index (χ1n) is 6.10. The molecule has 0 bridgehead atoms. The van der Waals surface area contributed by atoms with Crippen LogP contribution >= 0.6 is 15.9 Å². The molecule has 0 aliphatic heterocycles. The second kappa shape index (κ2) is 5.65.